The molecule has 0 saturated heterocycles. The van der Waals surface area contributed by atoms with Crippen LogP contribution in [0.15, 0.2) is 24.5 Å². The molecule has 0 aliphatic heterocycles. The number of hydrogen-bond donors (Lipinski definition) is 1. The fraction of sp³-hybridized carbons (Fsp3) is 0.0833. The number of aromatic nitrogens is 2. The molecule has 0 radical (unpaired) electrons. The van der Waals surface area contributed by atoms with E-state index < -0.39 is 0 Å². The van der Waals surface area contributed by atoms with Gasteiger partial charge in [-0.25, -0.2) is 9.97 Å². The van der Waals surface area contributed by atoms with Crippen molar-refractivity contribution >= 4 is 46.5 Å². The highest BCUT2D eigenvalue weighted by Gasteiger charge is 2.14. The highest BCUT2D eigenvalue weighted by atomic mass is 35.5. The normalized spacial score (nSPS) is 10.3. The molecule has 0 unspecified atom stereocenters. The first-order valence-corrected chi connectivity index (χ1v) is 6.36. The van der Waals surface area contributed by atoms with Gasteiger partial charge in [0, 0.05) is 10.6 Å². The number of hydrogen-bond acceptors (Lipinski definition) is 3. The maximum atomic E-state index is 12.1. The van der Waals surface area contributed by atoms with Gasteiger partial charge in [-0.2, -0.15) is 0 Å². The number of amides is 1. The molecule has 1 amide bonds. The first-order chi connectivity index (χ1) is 9.00. The summed E-state index contributed by atoms with van der Waals surface area (Å²) >= 11 is 17.6. The van der Waals surface area contributed by atoms with Gasteiger partial charge in [-0.1, -0.05) is 40.9 Å². The van der Waals surface area contributed by atoms with Gasteiger partial charge in [-0.3, -0.25) is 4.79 Å². The summed E-state index contributed by atoms with van der Waals surface area (Å²) in [6, 6.07) is 5.06. The van der Waals surface area contributed by atoms with Gasteiger partial charge in [-0.05, 0) is 24.6 Å². The highest BCUT2D eigenvalue weighted by Crippen LogP contribution is 2.26. The molecule has 1 aromatic heterocycles. The number of nitrogens with zero attached hydrogens (tertiary/aromatic N) is 2. The van der Waals surface area contributed by atoms with Gasteiger partial charge in [-0.15, -0.1) is 0 Å². The Morgan fingerprint density at radius 1 is 1.21 bits per heavy atom. The van der Waals surface area contributed by atoms with Gasteiger partial charge < -0.3 is 5.32 Å². The van der Waals surface area contributed by atoms with Crippen molar-refractivity contribution in [3.63, 3.8) is 0 Å². The fourth-order valence-corrected chi connectivity index (χ4v) is 1.92. The first-order valence-electron chi connectivity index (χ1n) is 5.23. The van der Waals surface area contributed by atoms with E-state index in [2.05, 4.69) is 15.3 Å². The lowest BCUT2D eigenvalue weighted by Gasteiger charge is -2.09. The van der Waals surface area contributed by atoms with E-state index in [-0.39, 0.29) is 21.9 Å². The van der Waals surface area contributed by atoms with Crippen molar-refractivity contribution in [1.82, 2.24) is 9.97 Å². The van der Waals surface area contributed by atoms with Crippen molar-refractivity contribution < 1.29 is 4.79 Å². The van der Waals surface area contributed by atoms with Crippen LogP contribution in [-0.4, -0.2) is 15.9 Å². The Hall–Kier alpha value is -1.36. The summed E-state index contributed by atoms with van der Waals surface area (Å²) in [4.78, 5) is 19.7. The van der Waals surface area contributed by atoms with E-state index in [1.54, 1.807) is 25.1 Å². The van der Waals surface area contributed by atoms with E-state index in [9.17, 15) is 4.79 Å². The van der Waals surface area contributed by atoms with Crippen LogP contribution in [0.1, 0.15) is 15.9 Å². The molecule has 98 valence electrons. The van der Waals surface area contributed by atoms with E-state index in [4.69, 9.17) is 34.8 Å². The summed E-state index contributed by atoms with van der Waals surface area (Å²) in [5, 5.41) is 3.26. The average molecular weight is 317 g/mol. The summed E-state index contributed by atoms with van der Waals surface area (Å²) < 4.78 is 0. The second-order valence-electron chi connectivity index (χ2n) is 3.69. The Labute approximate surface area is 124 Å². The van der Waals surface area contributed by atoms with Gasteiger partial charge in [0.15, 0.2) is 11.0 Å². The van der Waals surface area contributed by atoms with E-state index in [1.165, 1.54) is 6.33 Å². The number of carbonyl (C=O) groups is 1. The van der Waals surface area contributed by atoms with E-state index in [0.717, 1.165) is 0 Å². The molecular weight excluding hydrogens is 309 g/mol. The summed E-state index contributed by atoms with van der Waals surface area (Å²) in [5.41, 5.74) is 1.12. The Morgan fingerprint density at radius 2 is 1.95 bits per heavy atom. The lowest BCUT2D eigenvalue weighted by Crippen LogP contribution is -2.15. The first kappa shape index (κ1) is 14.1. The van der Waals surface area contributed by atoms with Crippen LogP contribution in [-0.2, 0) is 0 Å². The van der Waals surface area contributed by atoms with Gasteiger partial charge in [0.05, 0.1) is 0 Å². The number of nitrogens with one attached hydrogen (secondary N) is 1. The second-order valence-corrected chi connectivity index (χ2v) is 4.84. The molecule has 1 aromatic carbocycles. The molecule has 0 atom stereocenters. The second kappa shape index (κ2) is 5.74. The Kier molecular flexibility index (Phi) is 4.24. The lowest BCUT2D eigenvalue weighted by atomic mass is 10.1. The molecule has 2 rings (SSSR count). The van der Waals surface area contributed by atoms with Crippen LogP contribution in [0.4, 0.5) is 5.82 Å². The summed E-state index contributed by atoms with van der Waals surface area (Å²) in [5.74, 6) is -0.206. The average Bonchev–Trinajstić information content (AvgIpc) is 2.38. The zero-order valence-electron chi connectivity index (χ0n) is 9.75. The third-order valence-electron chi connectivity index (χ3n) is 2.49. The van der Waals surface area contributed by atoms with Crippen LogP contribution in [0.5, 0.6) is 0 Å². The fourth-order valence-electron chi connectivity index (χ4n) is 1.46. The van der Waals surface area contributed by atoms with E-state index in [0.29, 0.717) is 16.1 Å². The monoisotopic (exact) mass is 315 g/mol. The van der Waals surface area contributed by atoms with E-state index in [1.807, 2.05) is 0 Å². The molecule has 19 heavy (non-hydrogen) atoms. The van der Waals surface area contributed by atoms with Gasteiger partial charge in [0.25, 0.3) is 5.91 Å². The molecule has 1 N–H and O–H groups in total. The molecule has 0 aliphatic carbocycles. The molecule has 0 spiro atoms. The lowest BCUT2D eigenvalue weighted by molar-refractivity contribution is 0.102. The van der Waals surface area contributed by atoms with Crippen molar-refractivity contribution in [2.75, 3.05) is 5.32 Å². The molecule has 0 fully saturated rings. The molecule has 7 heteroatoms. The van der Waals surface area contributed by atoms with E-state index >= 15 is 0 Å². The molecule has 0 saturated carbocycles. The molecule has 0 aliphatic rings. The largest absolute Gasteiger partial charge is 0.305 e. The zero-order valence-corrected chi connectivity index (χ0v) is 12.0. The number of carbonyl (C=O) groups excluding carboxylic acids is 1. The van der Waals surface area contributed by atoms with Gasteiger partial charge >= 0.3 is 0 Å². The van der Waals surface area contributed by atoms with Crippen LogP contribution in [0, 0.1) is 6.92 Å². The van der Waals surface area contributed by atoms with Crippen LogP contribution < -0.4 is 5.32 Å². The molecule has 0 bridgehead atoms. The predicted octanol–water partition coefficient (Wildman–Crippen LogP) is 4.00. The summed E-state index contributed by atoms with van der Waals surface area (Å²) in [7, 11) is 0. The molecular formula is C12H8Cl3N3O. The Bertz CT molecular complexity index is 646. The third kappa shape index (κ3) is 2.97. The number of halogens is 3. The van der Waals surface area contributed by atoms with Crippen molar-refractivity contribution in [3.05, 3.63) is 50.9 Å². The molecule has 1 heterocycles. The Balaban J connectivity index is 2.31. The topological polar surface area (TPSA) is 54.9 Å². The smallest absolute Gasteiger partial charge is 0.257 e. The number of anilines is 1. The van der Waals surface area contributed by atoms with Crippen LogP contribution >= 0.6 is 34.8 Å². The SMILES string of the molecule is Cc1c(Cl)cccc1C(=O)Nc1ncnc(Cl)c1Cl. The maximum absolute atomic E-state index is 12.1. The standard InChI is InChI=1S/C12H8Cl3N3O/c1-6-7(3-2-4-8(6)13)12(19)18-11-9(14)10(15)16-5-17-11/h2-5H,1H3,(H,16,17,18,19). The minimum atomic E-state index is -0.364. The predicted molar refractivity (Wildman–Crippen MR) is 76.2 cm³/mol. The third-order valence-corrected chi connectivity index (χ3v) is 3.64. The van der Waals surface area contributed by atoms with Crippen molar-refractivity contribution in [1.29, 1.82) is 0 Å². The number of benzene rings is 1. The molecule has 4 nitrogen and oxygen atoms in total. The van der Waals surface area contributed by atoms with Gasteiger partial charge in [0.1, 0.15) is 11.3 Å². The van der Waals surface area contributed by atoms with Crippen molar-refractivity contribution in [2.45, 2.75) is 6.92 Å². The van der Waals surface area contributed by atoms with Crippen molar-refractivity contribution in [3.8, 4) is 0 Å². The van der Waals surface area contributed by atoms with Crippen LogP contribution in [0.2, 0.25) is 15.2 Å². The minimum Gasteiger partial charge on any atom is -0.305 e. The maximum Gasteiger partial charge on any atom is 0.257 e. The van der Waals surface area contributed by atoms with Crippen molar-refractivity contribution in [2.24, 2.45) is 0 Å². The Morgan fingerprint density at radius 3 is 2.68 bits per heavy atom. The highest BCUT2D eigenvalue weighted by molar-refractivity contribution is 6.43. The summed E-state index contributed by atoms with van der Waals surface area (Å²) in [6.07, 6.45) is 1.22. The van der Waals surface area contributed by atoms with Crippen LogP contribution in [0.25, 0.3) is 0 Å². The van der Waals surface area contributed by atoms with Gasteiger partial charge in [0.2, 0.25) is 0 Å². The minimum absolute atomic E-state index is 0.0785. The summed E-state index contributed by atoms with van der Waals surface area (Å²) in [6.45, 7) is 1.76. The van der Waals surface area contributed by atoms with Crippen LogP contribution in [0.3, 0.4) is 0 Å². The number of rotatable bonds is 2. The quantitative estimate of drug-likeness (QED) is 0.852. The molecule has 2 aromatic rings. The zero-order chi connectivity index (χ0) is 14.0.